The average molecular weight is 294 g/mol. The molecule has 0 atom stereocenters. The Balaban J connectivity index is 2.51. The number of rotatable bonds is 5. The fraction of sp³-hybridized carbons (Fsp3) is 0.286. The molecular formula is C14H14O7. The van der Waals surface area contributed by atoms with Crippen LogP contribution in [0.1, 0.15) is 17.3 Å². The van der Waals surface area contributed by atoms with Crippen molar-refractivity contribution >= 4 is 16.9 Å². The van der Waals surface area contributed by atoms with Crippen LogP contribution in [0.15, 0.2) is 27.4 Å². The van der Waals surface area contributed by atoms with Crippen LogP contribution in [0.5, 0.6) is 11.5 Å². The van der Waals surface area contributed by atoms with Crippen molar-refractivity contribution < 1.29 is 28.9 Å². The molecule has 0 aliphatic rings. The first-order valence-corrected chi connectivity index (χ1v) is 6.29. The largest absolute Gasteiger partial charge is 0.504 e. The Morgan fingerprint density at radius 2 is 2.14 bits per heavy atom. The van der Waals surface area contributed by atoms with Crippen molar-refractivity contribution in [1.82, 2.24) is 0 Å². The fourth-order valence-corrected chi connectivity index (χ4v) is 1.79. The Hall–Kier alpha value is -2.54. The maximum Gasteiger partial charge on any atom is 0.383 e. The molecule has 0 aliphatic carbocycles. The molecule has 0 bridgehead atoms. The van der Waals surface area contributed by atoms with Gasteiger partial charge in [0.1, 0.15) is 12.2 Å². The number of hydrogen-bond acceptors (Lipinski definition) is 7. The van der Waals surface area contributed by atoms with E-state index in [4.69, 9.17) is 19.0 Å². The van der Waals surface area contributed by atoms with Gasteiger partial charge in [-0.1, -0.05) is 0 Å². The van der Waals surface area contributed by atoms with Gasteiger partial charge in [0.15, 0.2) is 5.75 Å². The van der Waals surface area contributed by atoms with Gasteiger partial charge in [-0.3, -0.25) is 0 Å². The number of esters is 1. The average Bonchev–Trinajstić information content (AvgIpc) is 2.48. The summed E-state index contributed by atoms with van der Waals surface area (Å²) >= 11 is 0. The molecule has 1 heterocycles. The van der Waals surface area contributed by atoms with Crippen LogP contribution in [0.3, 0.4) is 0 Å². The number of benzene rings is 1. The molecule has 0 aliphatic heterocycles. The first-order chi connectivity index (χ1) is 10.1. The van der Waals surface area contributed by atoms with E-state index in [0.29, 0.717) is 0 Å². The second-order valence-corrected chi connectivity index (χ2v) is 4.07. The SMILES string of the molecule is CCOc1c(O)c2cc(C(=O)OCCO)ccc2oc1=O. The van der Waals surface area contributed by atoms with Crippen molar-refractivity contribution in [3.05, 3.63) is 34.2 Å². The normalized spacial score (nSPS) is 10.6. The van der Waals surface area contributed by atoms with E-state index in [9.17, 15) is 14.7 Å². The summed E-state index contributed by atoms with van der Waals surface area (Å²) in [5.41, 5.74) is -0.514. The number of carbonyl (C=O) groups is 1. The summed E-state index contributed by atoms with van der Waals surface area (Å²) in [6.45, 7) is 1.43. The van der Waals surface area contributed by atoms with Crippen molar-refractivity contribution in [2.45, 2.75) is 6.92 Å². The lowest BCUT2D eigenvalue weighted by atomic mass is 10.1. The van der Waals surface area contributed by atoms with E-state index in [0.717, 1.165) is 0 Å². The van der Waals surface area contributed by atoms with Crippen molar-refractivity contribution in [3.63, 3.8) is 0 Å². The number of aromatic hydroxyl groups is 1. The van der Waals surface area contributed by atoms with Gasteiger partial charge in [-0.15, -0.1) is 0 Å². The maximum absolute atomic E-state index is 11.7. The van der Waals surface area contributed by atoms with Crippen molar-refractivity contribution in [3.8, 4) is 11.5 Å². The highest BCUT2D eigenvalue weighted by atomic mass is 16.5. The van der Waals surface area contributed by atoms with E-state index in [-0.39, 0.29) is 47.9 Å². The monoisotopic (exact) mass is 294 g/mol. The third kappa shape index (κ3) is 2.97. The Morgan fingerprint density at radius 1 is 1.38 bits per heavy atom. The summed E-state index contributed by atoms with van der Waals surface area (Å²) in [6, 6.07) is 4.10. The van der Waals surface area contributed by atoms with Crippen LogP contribution in [0.2, 0.25) is 0 Å². The zero-order chi connectivity index (χ0) is 15.4. The molecule has 2 aromatic rings. The first kappa shape index (κ1) is 14.9. The zero-order valence-corrected chi connectivity index (χ0v) is 11.3. The van der Waals surface area contributed by atoms with Crippen LogP contribution in [0.25, 0.3) is 11.0 Å². The third-order valence-corrected chi connectivity index (χ3v) is 2.69. The minimum absolute atomic E-state index is 0.125. The first-order valence-electron chi connectivity index (χ1n) is 6.29. The van der Waals surface area contributed by atoms with Gasteiger partial charge < -0.3 is 24.1 Å². The summed E-state index contributed by atoms with van der Waals surface area (Å²) in [6.07, 6.45) is 0. The molecule has 0 amide bonds. The standard InChI is InChI=1S/C14H14O7/c1-2-19-12-11(16)9-7-8(13(17)20-6-5-15)3-4-10(9)21-14(12)18/h3-4,7,15-16H,2,5-6H2,1H3. The summed E-state index contributed by atoms with van der Waals surface area (Å²) in [5.74, 6) is -1.35. The van der Waals surface area contributed by atoms with Crippen LogP contribution in [-0.4, -0.2) is 36.0 Å². The molecule has 0 fully saturated rings. The number of aliphatic hydroxyl groups is 1. The second-order valence-electron chi connectivity index (χ2n) is 4.07. The predicted octanol–water partition coefficient (Wildman–Crippen LogP) is 1.05. The molecule has 0 radical (unpaired) electrons. The van der Waals surface area contributed by atoms with Gasteiger partial charge in [-0.25, -0.2) is 9.59 Å². The smallest absolute Gasteiger partial charge is 0.383 e. The lowest BCUT2D eigenvalue weighted by Gasteiger charge is -2.08. The van der Waals surface area contributed by atoms with Gasteiger partial charge in [0, 0.05) is 0 Å². The second kappa shape index (κ2) is 6.27. The van der Waals surface area contributed by atoms with Gasteiger partial charge in [0.2, 0.25) is 5.75 Å². The summed E-state index contributed by atoms with van der Waals surface area (Å²) < 4.78 is 14.8. The number of ether oxygens (including phenoxy) is 2. The van der Waals surface area contributed by atoms with Gasteiger partial charge in [0.25, 0.3) is 0 Å². The van der Waals surface area contributed by atoms with Gasteiger partial charge in [0.05, 0.1) is 24.2 Å². The van der Waals surface area contributed by atoms with Crippen molar-refractivity contribution in [1.29, 1.82) is 0 Å². The Labute approximate surface area is 119 Å². The lowest BCUT2D eigenvalue weighted by molar-refractivity contribution is 0.0434. The molecule has 7 heteroatoms. The molecular weight excluding hydrogens is 280 g/mol. The zero-order valence-electron chi connectivity index (χ0n) is 11.3. The number of carbonyl (C=O) groups excluding carboxylic acids is 1. The van der Waals surface area contributed by atoms with Crippen molar-refractivity contribution in [2.75, 3.05) is 19.8 Å². The highest BCUT2D eigenvalue weighted by Crippen LogP contribution is 2.32. The molecule has 2 rings (SSSR count). The van der Waals surface area contributed by atoms with E-state index in [1.54, 1.807) is 6.92 Å². The molecule has 0 saturated carbocycles. The highest BCUT2D eigenvalue weighted by molar-refractivity contribution is 5.96. The van der Waals surface area contributed by atoms with Crippen molar-refractivity contribution in [2.24, 2.45) is 0 Å². The highest BCUT2D eigenvalue weighted by Gasteiger charge is 2.17. The summed E-state index contributed by atoms with van der Waals surface area (Å²) in [5, 5.41) is 18.9. The molecule has 1 aromatic heterocycles. The molecule has 21 heavy (non-hydrogen) atoms. The van der Waals surface area contributed by atoms with E-state index in [1.165, 1.54) is 18.2 Å². The predicted molar refractivity (Wildman–Crippen MR) is 72.7 cm³/mol. The van der Waals surface area contributed by atoms with Crippen LogP contribution in [0.4, 0.5) is 0 Å². The third-order valence-electron chi connectivity index (χ3n) is 2.69. The Morgan fingerprint density at radius 3 is 2.81 bits per heavy atom. The Kier molecular flexibility index (Phi) is 4.44. The fourth-order valence-electron chi connectivity index (χ4n) is 1.79. The molecule has 1 aromatic carbocycles. The summed E-state index contributed by atoms with van der Waals surface area (Å²) in [4.78, 5) is 23.3. The number of fused-ring (bicyclic) bond motifs is 1. The van der Waals surface area contributed by atoms with Crippen LogP contribution < -0.4 is 10.4 Å². The lowest BCUT2D eigenvalue weighted by Crippen LogP contribution is -2.09. The number of aliphatic hydroxyl groups excluding tert-OH is 1. The minimum Gasteiger partial charge on any atom is -0.504 e. The number of hydrogen-bond donors (Lipinski definition) is 2. The van der Waals surface area contributed by atoms with E-state index in [1.807, 2.05) is 0 Å². The van der Waals surface area contributed by atoms with E-state index in [2.05, 4.69) is 0 Å². The van der Waals surface area contributed by atoms with Gasteiger partial charge in [-0.05, 0) is 25.1 Å². The molecule has 112 valence electrons. The molecule has 2 N–H and O–H groups in total. The van der Waals surface area contributed by atoms with Gasteiger partial charge >= 0.3 is 11.6 Å². The quantitative estimate of drug-likeness (QED) is 0.627. The van der Waals surface area contributed by atoms with Crippen LogP contribution >= 0.6 is 0 Å². The molecule has 0 saturated heterocycles. The minimum atomic E-state index is -0.794. The molecule has 0 unspecified atom stereocenters. The molecule has 0 spiro atoms. The van der Waals surface area contributed by atoms with Crippen LogP contribution in [-0.2, 0) is 4.74 Å². The van der Waals surface area contributed by atoms with Gasteiger partial charge in [-0.2, -0.15) is 0 Å². The topological polar surface area (TPSA) is 106 Å². The maximum atomic E-state index is 11.7. The Bertz CT molecular complexity index is 717. The summed E-state index contributed by atoms with van der Waals surface area (Å²) in [7, 11) is 0. The van der Waals surface area contributed by atoms with E-state index >= 15 is 0 Å². The van der Waals surface area contributed by atoms with E-state index < -0.39 is 11.6 Å². The van der Waals surface area contributed by atoms with Crippen LogP contribution in [0, 0.1) is 0 Å². The molecule has 7 nitrogen and oxygen atoms in total.